The third-order valence-corrected chi connectivity index (χ3v) is 2.92. The molecule has 18 heavy (non-hydrogen) atoms. The molecular weight excluding hydrogens is 232 g/mol. The summed E-state index contributed by atoms with van der Waals surface area (Å²) in [5.41, 5.74) is 1.88. The van der Waals surface area contributed by atoms with Gasteiger partial charge in [-0.25, -0.2) is 4.98 Å². The SMILES string of the molecule is CC(C)C(C(=O)O)C(=O)c1ccc2nc[nH]c2c1. The minimum Gasteiger partial charge on any atom is -0.481 e. The van der Waals surface area contributed by atoms with Gasteiger partial charge in [-0.2, -0.15) is 0 Å². The van der Waals surface area contributed by atoms with Crippen molar-refractivity contribution in [2.24, 2.45) is 11.8 Å². The molecule has 1 heterocycles. The average molecular weight is 246 g/mol. The molecule has 5 heteroatoms. The van der Waals surface area contributed by atoms with Crippen LogP contribution in [0.5, 0.6) is 0 Å². The molecule has 0 spiro atoms. The van der Waals surface area contributed by atoms with Gasteiger partial charge in [0, 0.05) is 5.56 Å². The van der Waals surface area contributed by atoms with Gasteiger partial charge in [-0.3, -0.25) is 9.59 Å². The Bertz CT molecular complexity index is 601. The van der Waals surface area contributed by atoms with Crippen molar-refractivity contribution >= 4 is 22.8 Å². The van der Waals surface area contributed by atoms with Crippen LogP contribution in [0.1, 0.15) is 24.2 Å². The largest absolute Gasteiger partial charge is 0.481 e. The Morgan fingerprint density at radius 3 is 2.67 bits per heavy atom. The third kappa shape index (κ3) is 2.11. The lowest BCUT2D eigenvalue weighted by Crippen LogP contribution is -2.28. The Kier molecular flexibility index (Phi) is 3.14. The van der Waals surface area contributed by atoms with Gasteiger partial charge in [0.05, 0.1) is 17.4 Å². The number of ketones is 1. The van der Waals surface area contributed by atoms with E-state index in [1.165, 1.54) is 6.33 Å². The maximum absolute atomic E-state index is 12.2. The molecule has 0 aliphatic carbocycles. The van der Waals surface area contributed by atoms with Gasteiger partial charge in [0.1, 0.15) is 5.92 Å². The first-order valence-electron chi connectivity index (χ1n) is 5.71. The van der Waals surface area contributed by atoms with Crippen molar-refractivity contribution < 1.29 is 14.7 Å². The van der Waals surface area contributed by atoms with E-state index < -0.39 is 11.9 Å². The number of nitrogens with zero attached hydrogens (tertiary/aromatic N) is 1. The quantitative estimate of drug-likeness (QED) is 0.639. The summed E-state index contributed by atoms with van der Waals surface area (Å²) in [5.74, 6) is -2.70. The normalized spacial score (nSPS) is 12.8. The van der Waals surface area contributed by atoms with E-state index in [2.05, 4.69) is 9.97 Å². The summed E-state index contributed by atoms with van der Waals surface area (Å²) in [6, 6.07) is 4.96. The molecule has 0 radical (unpaired) electrons. The number of aliphatic carboxylic acids is 1. The van der Waals surface area contributed by atoms with E-state index in [4.69, 9.17) is 5.11 Å². The van der Waals surface area contributed by atoms with Crippen molar-refractivity contribution in [3.8, 4) is 0 Å². The van der Waals surface area contributed by atoms with Crippen molar-refractivity contribution in [3.63, 3.8) is 0 Å². The van der Waals surface area contributed by atoms with Crippen LogP contribution in [0.15, 0.2) is 24.5 Å². The first kappa shape index (κ1) is 12.3. The molecule has 0 aliphatic heterocycles. The number of H-pyrrole nitrogens is 1. The molecule has 1 aromatic heterocycles. The number of carboxylic acid groups (broad SMARTS) is 1. The van der Waals surface area contributed by atoms with Crippen LogP contribution in [0, 0.1) is 11.8 Å². The number of aromatic amines is 1. The zero-order valence-electron chi connectivity index (χ0n) is 10.2. The molecule has 1 atom stereocenters. The highest BCUT2D eigenvalue weighted by molar-refractivity contribution is 6.09. The fraction of sp³-hybridized carbons (Fsp3) is 0.308. The van der Waals surface area contributed by atoms with E-state index >= 15 is 0 Å². The van der Waals surface area contributed by atoms with Crippen molar-refractivity contribution in [1.82, 2.24) is 9.97 Å². The van der Waals surface area contributed by atoms with Crippen molar-refractivity contribution in [2.75, 3.05) is 0 Å². The molecule has 0 saturated carbocycles. The van der Waals surface area contributed by atoms with Gasteiger partial charge >= 0.3 is 5.97 Å². The molecular formula is C13H14N2O3. The summed E-state index contributed by atoms with van der Waals surface area (Å²) >= 11 is 0. The summed E-state index contributed by atoms with van der Waals surface area (Å²) in [4.78, 5) is 30.3. The molecule has 0 aliphatic rings. The number of carbonyl (C=O) groups is 2. The molecule has 5 nitrogen and oxygen atoms in total. The lowest BCUT2D eigenvalue weighted by atomic mass is 9.88. The van der Waals surface area contributed by atoms with Gasteiger partial charge in [-0.15, -0.1) is 0 Å². The number of rotatable bonds is 4. The first-order chi connectivity index (χ1) is 8.50. The van der Waals surface area contributed by atoms with Crippen LogP contribution in [0.25, 0.3) is 11.0 Å². The minimum absolute atomic E-state index is 0.243. The summed E-state index contributed by atoms with van der Waals surface area (Å²) in [6.07, 6.45) is 1.54. The Labute approximate surface area is 104 Å². The van der Waals surface area contributed by atoms with Gasteiger partial charge < -0.3 is 10.1 Å². The fourth-order valence-corrected chi connectivity index (χ4v) is 1.97. The lowest BCUT2D eigenvalue weighted by Gasteiger charge is -2.14. The second-order valence-electron chi connectivity index (χ2n) is 4.56. The molecule has 0 fully saturated rings. The Hall–Kier alpha value is -2.17. The zero-order valence-corrected chi connectivity index (χ0v) is 10.2. The molecule has 1 aromatic carbocycles. The molecule has 0 bridgehead atoms. The van der Waals surface area contributed by atoms with Crippen LogP contribution < -0.4 is 0 Å². The number of fused-ring (bicyclic) bond motifs is 1. The second kappa shape index (κ2) is 4.60. The Morgan fingerprint density at radius 1 is 1.33 bits per heavy atom. The lowest BCUT2D eigenvalue weighted by molar-refractivity contribution is -0.141. The summed E-state index contributed by atoms with van der Waals surface area (Å²) in [5, 5.41) is 9.11. The topological polar surface area (TPSA) is 83.0 Å². The van der Waals surface area contributed by atoms with Crippen LogP contribution >= 0.6 is 0 Å². The summed E-state index contributed by atoms with van der Waals surface area (Å²) < 4.78 is 0. The molecule has 1 unspecified atom stereocenters. The maximum atomic E-state index is 12.2. The van der Waals surface area contributed by atoms with Gasteiger partial charge in [0.15, 0.2) is 5.78 Å². The van der Waals surface area contributed by atoms with Gasteiger partial charge in [0.25, 0.3) is 0 Å². The number of Topliss-reactive ketones (excluding diaryl/α,β-unsaturated/α-hetero) is 1. The highest BCUT2D eigenvalue weighted by Crippen LogP contribution is 2.20. The van der Waals surface area contributed by atoms with Crippen LogP contribution in [-0.4, -0.2) is 26.8 Å². The molecule has 94 valence electrons. The third-order valence-electron chi connectivity index (χ3n) is 2.92. The monoisotopic (exact) mass is 246 g/mol. The number of benzene rings is 1. The van der Waals surface area contributed by atoms with E-state index in [0.29, 0.717) is 5.56 Å². The fourth-order valence-electron chi connectivity index (χ4n) is 1.97. The van der Waals surface area contributed by atoms with Crippen molar-refractivity contribution in [3.05, 3.63) is 30.1 Å². The van der Waals surface area contributed by atoms with Crippen LogP contribution in [0.2, 0.25) is 0 Å². The van der Waals surface area contributed by atoms with Crippen LogP contribution in [-0.2, 0) is 4.79 Å². The number of hydrogen-bond donors (Lipinski definition) is 2. The number of hydrogen-bond acceptors (Lipinski definition) is 3. The van der Waals surface area contributed by atoms with Crippen LogP contribution in [0.3, 0.4) is 0 Å². The van der Waals surface area contributed by atoms with E-state index in [1.807, 2.05) is 0 Å². The predicted octanol–water partition coefficient (Wildman–Crippen LogP) is 2.10. The highest BCUT2D eigenvalue weighted by Gasteiger charge is 2.30. The first-order valence-corrected chi connectivity index (χ1v) is 5.71. The average Bonchev–Trinajstić information content (AvgIpc) is 2.74. The minimum atomic E-state index is -1.08. The predicted molar refractivity (Wildman–Crippen MR) is 66.4 cm³/mol. The Morgan fingerprint density at radius 2 is 2.06 bits per heavy atom. The van der Waals surface area contributed by atoms with Gasteiger partial charge in [-0.05, 0) is 24.1 Å². The molecule has 0 saturated heterocycles. The number of carbonyl (C=O) groups excluding carboxylic acids is 1. The van der Waals surface area contributed by atoms with E-state index in [-0.39, 0.29) is 11.7 Å². The smallest absolute Gasteiger partial charge is 0.314 e. The Balaban J connectivity index is 2.40. The molecule has 2 N–H and O–H groups in total. The van der Waals surface area contributed by atoms with Crippen molar-refractivity contribution in [2.45, 2.75) is 13.8 Å². The maximum Gasteiger partial charge on any atom is 0.314 e. The van der Waals surface area contributed by atoms with Gasteiger partial charge in [0.2, 0.25) is 0 Å². The summed E-state index contributed by atoms with van der Waals surface area (Å²) in [6.45, 7) is 3.46. The number of aromatic nitrogens is 2. The van der Waals surface area contributed by atoms with Gasteiger partial charge in [-0.1, -0.05) is 13.8 Å². The van der Waals surface area contributed by atoms with Crippen LogP contribution in [0.4, 0.5) is 0 Å². The van der Waals surface area contributed by atoms with Crippen molar-refractivity contribution in [1.29, 1.82) is 0 Å². The number of carboxylic acids is 1. The molecule has 2 aromatic rings. The molecule has 2 rings (SSSR count). The van der Waals surface area contributed by atoms with E-state index in [9.17, 15) is 9.59 Å². The summed E-state index contributed by atoms with van der Waals surface area (Å²) in [7, 11) is 0. The zero-order chi connectivity index (χ0) is 13.3. The standard InChI is InChI=1S/C13H14N2O3/c1-7(2)11(13(17)18)12(16)8-3-4-9-10(5-8)15-6-14-9/h3-7,11H,1-2H3,(H,14,15)(H,17,18). The number of nitrogens with one attached hydrogen (secondary N) is 1. The van der Waals surface area contributed by atoms with E-state index in [1.54, 1.807) is 32.0 Å². The van der Waals surface area contributed by atoms with E-state index in [0.717, 1.165) is 11.0 Å². The highest BCUT2D eigenvalue weighted by atomic mass is 16.4. The molecule has 0 amide bonds. The number of imidazole rings is 1. The second-order valence-corrected chi connectivity index (χ2v) is 4.56.